The van der Waals surface area contributed by atoms with Gasteiger partial charge in [-0.25, -0.2) is 9.37 Å². The van der Waals surface area contributed by atoms with Gasteiger partial charge in [0, 0.05) is 50.6 Å². The third-order valence-corrected chi connectivity index (χ3v) is 5.33. The number of piperazine rings is 1. The van der Waals surface area contributed by atoms with Crippen LogP contribution in [0.4, 0.5) is 10.1 Å². The maximum absolute atomic E-state index is 14.8. The van der Waals surface area contributed by atoms with E-state index in [1.807, 2.05) is 0 Å². The van der Waals surface area contributed by atoms with Crippen molar-refractivity contribution in [3.8, 4) is 5.69 Å². The van der Waals surface area contributed by atoms with Crippen molar-refractivity contribution in [2.45, 2.75) is 26.7 Å². The molecule has 0 unspecified atom stereocenters. The van der Waals surface area contributed by atoms with Crippen molar-refractivity contribution in [3.05, 3.63) is 52.0 Å². The number of aromatic nitrogens is 2. The van der Waals surface area contributed by atoms with E-state index in [0.29, 0.717) is 22.9 Å². The lowest BCUT2D eigenvalue weighted by atomic mass is 10.2. The van der Waals surface area contributed by atoms with Gasteiger partial charge in [-0.05, 0) is 44.7 Å². The summed E-state index contributed by atoms with van der Waals surface area (Å²) >= 11 is 0. The molecule has 0 atom stereocenters. The van der Waals surface area contributed by atoms with Gasteiger partial charge in [0.15, 0.2) is 0 Å². The Morgan fingerprint density at radius 2 is 1.85 bits per heavy atom. The van der Waals surface area contributed by atoms with Gasteiger partial charge in [-0.1, -0.05) is 0 Å². The van der Waals surface area contributed by atoms with Crippen molar-refractivity contribution < 1.29 is 4.39 Å². The molecule has 5 nitrogen and oxygen atoms in total. The van der Waals surface area contributed by atoms with Crippen LogP contribution in [0, 0.1) is 25.6 Å². The summed E-state index contributed by atoms with van der Waals surface area (Å²) in [5.41, 5.74) is 1.62. The molecule has 1 aliphatic carbocycles. The Bertz CT molecular complexity index is 867. The number of rotatable bonds is 4. The summed E-state index contributed by atoms with van der Waals surface area (Å²) in [6.07, 6.45) is 2.73. The first-order chi connectivity index (χ1) is 12.5. The Morgan fingerprint density at radius 1 is 1.12 bits per heavy atom. The summed E-state index contributed by atoms with van der Waals surface area (Å²) in [5.74, 6) is 1.17. The maximum Gasteiger partial charge on any atom is 0.258 e. The van der Waals surface area contributed by atoms with Gasteiger partial charge in [-0.15, -0.1) is 0 Å². The molecule has 0 radical (unpaired) electrons. The van der Waals surface area contributed by atoms with E-state index >= 15 is 0 Å². The summed E-state index contributed by atoms with van der Waals surface area (Å²) in [5, 5.41) is 0. The zero-order valence-electron chi connectivity index (χ0n) is 15.4. The van der Waals surface area contributed by atoms with E-state index in [9.17, 15) is 9.18 Å². The van der Waals surface area contributed by atoms with E-state index in [1.54, 1.807) is 26.0 Å². The molecule has 2 heterocycles. The fourth-order valence-corrected chi connectivity index (χ4v) is 3.78. The van der Waals surface area contributed by atoms with Gasteiger partial charge in [-0.2, -0.15) is 0 Å². The van der Waals surface area contributed by atoms with Crippen molar-refractivity contribution in [2.24, 2.45) is 5.92 Å². The quantitative estimate of drug-likeness (QED) is 0.844. The van der Waals surface area contributed by atoms with E-state index in [2.05, 4.69) is 14.8 Å². The molecule has 0 N–H and O–H groups in total. The van der Waals surface area contributed by atoms with Crippen molar-refractivity contribution in [2.75, 3.05) is 37.6 Å². The van der Waals surface area contributed by atoms with E-state index < -0.39 is 0 Å². The molecule has 0 spiro atoms. The summed E-state index contributed by atoms with van der Waals surface area (Å²) in [4.78, 5) is 21.2. The van der Waals surface area contributed by atoms with E-state index in [0.717, 1.165) is 32.1 Å². The molecule has 138 valence electrons. The number of halogens is 1. The normalized spacial score (nSPS) is 18.3. The number of benzene rings is 1. The second kappa shape index (κ2) is 6.83. The first kappa shape index (κ1) is 17.2. The number of hydrogen-bond acceptors (Lipinski definition) is 4. The largest absolute Gasteiger partial charge is 0.367 e. The predicted octanol–water partition coefficient (Wildman–Crippen LogP) is 2.52. The molecule has 1 saturated carbocycles. The third-order valence-electron chi connectivity index (χ3n) is 5.33. The average Bonchev–Trinajstić information content (AvgIpc) is 3.39. The van der Waals surface area contributed by atoms with E-state index in [-0.39, 0.29) is 11.4 Å². The molecular formula is C20H25FN4O. The van der Waals surface area contributed by atoms with Crippen LogP contribution in [0.25, 0.3) is 5.69 Å². The molecule has 2 aliphatic rings. The van der Waals surface area contributed by atoms with Gasteiger partial charge >= 0.3 is 0 Å². The highest BCUT2D eigenvalue weighted by atomic mass is 19.1. The molecule has 6 heteroatoms. The molecular weight excluding hydrogens is 331 g/mol. The molecule has 4 rings (SSSR count). The lowest BCUT2D eigenvalue weighted by Gasteiger charge is -2.36. The lowest BCUT2D eigenvalue weighted by molar-refractivity contribution is 0.247. The number of nitrogens with zero attached hydrogens (tertiary/aromatic N) is 4. The maximum atomic E-state index is 14.8. The Hall–Kier alpha value is -2.21. The SMILES string of the molecule is Cc1cc(=O)n(-c2ccc(N3CCN(CC4CC4)CC3)c(F)c2)c(C)n1. The van der Waals surface area contributed by atoms with Crippen molar-refractivity contribution in [1.29, 1.82) is 0 Å². The summed E-state index contributed by atoms with van der Waals surface area (Å²) < 4.78 is 16.2. The molecule has 1 aliphatic heterocycles. The highest BCUT2D eigenvalue weighted by Crippen LogP contribution is 2.30. The number of aryl methyl sites for hydroxylation is 2. The number of anilines is 1. The highest BCUT2D eigenvalue weighted by molar-refractivity contribution is 5.53. The Labute approximate surface area is 153 Å². The van der Waals surface area contributed by atoms with Crippen molar-refractivity contribution >= 4 is 5.69 Å². The van der Waals surface area contributed by atoms with Crippen LogP contribution in [0.2, 0.25) is 0 Å². The predicted molar refractivity (Wildman–Crippen MR) is 101 cm³/mol. The zero-order valence-corrected chi connectivity index (χ0v) is 15.4. The Kier molecular flexibility index (Phi) is 4.53. The molecule has 1 aromatic carbocycles. The average molecular weight is 356 g/mol. The molecule has 0 bridgehead atoms. The fourth-order valence-electron chi connectivity index (χ4n) is 3.78. The van der Waals surface area contributed by atoms with Gasteiger partial charge in [0.2, 0.25) is 0 Å². The van der Waals surface area contributed by atoms with Crippen molar-refractivity contribution in [1.82, 2.24) is 14.5 Å². The summed E-state index contributed by atoms with van der Waals surface area (Å²) in [7, 11) is 0. The van der Waals surface area contributed by atoms with Crippen LogP contribution in [-0.2, 0) is 0 Å². The van der Waals surface area contributed by atoms with Crippen LogP contribution in [0.1, 0.15) is 24.4 Å². The molecule has 2 aromatic rings. The zero-order chi connectivity index (χ0) is 18.3. The van der Waals surface area contributed by atoms with Crippen LogP contribution < -0.4 is 10.5 Å². The van der Waals surface area contributed by atoms with Gasteiger partial charge in [-0.3, -0.25) is 14.3 Å². The number of hydrogen-bond donors (Lipinski definition) is 0. The molecule has 26 heavy (non-hydrogen) atoms. The molecule has 0 amide bonds. The monoisotopic (exact) mass is 356 g/mol. The van der Waals surface area contributed by atoms with Crippen LogP contribution in [0.3, 0.4) is 0 Å². The molecule has 2 fully saturated rings. The summed E-state index contributed by atoms with van der Waals surface area (Å²) in [6.45, 7) is 8.39. The van der Waals surface area contributed by atoms with Crippen LogP contribution in [0.15, 0.2) is 29.1 Å². The third kappa shape index (κ3) is 3.51. The highest BCUT2D eigenvalue weighted by Gasteiger charge is 2.27. The van der Waals surface area contributed by atoms with Gasteiger partial charge in [0.1, 0.15) is 11.6 Å². The van der Waals surface area contributed by atoms with Gasteiger partial charge < -0.3 is 4.90 Å². The standard InChI is InChI=1S/C20H25FN4O/c1-14-11-20(26)25(15(2)22-14)17-5-6-19(18(21)12-17)24-9-7-23(8-10-24)13-16-3-4-16/h5-6,11-12,16H,3-4,7-10,13H2,1-2H3. The van der Waals surface area contributed by atoms with E-state index in [4.69, 9.17) is 0 Å². The topological polar surface area (TPSA) is 41.4 Å². The Balaban J connectivity index is 1.52. The minimum absolute atomic E-state index is 0.184. The van der Waals surface area contributed by atoms with Crippen LogP contribution in [0.5, 0.6) is 0 Å². The molecule has 1 saturated heterocycles. The second-order valence-electron chi connectivity index (χ2n) is 7.49. The first-order valence-corrected chi connectivity index (χ1v) is 9.36. The lowest BCUT2D eigenvalue weighted by Crippen LogP contribution is -2.47. The first-order valence-electron chi connectivity index (χ1n) is 9.36. The Morgan fingerprint density at radius 3 is 2.46 bits per heavy atom. The van der Waals surface area contributed by atoms with Crippen LogP contribution >= 0.6 is 0 Å². The minimum Gasteiger partial charge on any atom is -0.367 e. The van der Waals surface area contributed by atoms with E-state index in [1.165, 1.54) is 36.1 Å². The fraction of sp³-hybridized carbons (Fsp3) is 0.500. The van der Waals surface area contributed by atoms with Gasteiger partial charge in [0.25, 0.3) is 5.56 Å². The molecule has 1 aromatic heterocycles. The minimum atomic E-state index is -0.287. The smallest absolute Gasteiger partial charge is 0.258 e. The summed E-state index contributed by atoms with van der Waals surface area (Å²) in [6, 6.07) is 6.50. The van der Waals surface area contributed by atoms with Crippen molar-refractivity contribution in [3.63, 3.8) is 0 Å². The van der Waals surface area contributed by atoms with Gasteiger partial charge in [0.05, 0.1) is 11.4 Å². The van der Waals surface area contributed by atoms with Crippen LogP contribution in [-0.4, -0.2) is 47.2 Å². The second-order valence-corrected chi connectivity index (χ2v) is 7.49.